The van der Waals surface area contributed by atoms with Gasteiger partial charge in [0.05, 0.1) is 24.9 Å². The fourth-order valence-electron chi connectivity index (χ4n) is 1.54. The van der Waals surface area contributed by atoms with Gasteiger partial charge in [0.2, 0.25) is 0 Å². The summed E-state index contributed by atoms with van der Waals surface area (Å²) in [5.41, 5.74) is 7.41. The molecule has 1 aliphatic rings. The molecule has 0 radical (unpaired) electrons. The topological polar surface area (TPSA) is 65.1 Å². The number of nitrogens with zero attached hydrogens (tertiary/aromatic N) is 2. The van der Waals surface area contributed by atoms with E-state index in [0.717, 1.165) is 24.5 Å². The molecule has 1 unspecified atom stereocenters. The van der Waals surface area contributed by atoms with Gasteiger partial charge in [-0.1, -0.05) is 0 Å². The van der Waals surface area contributed by atoms with Crippen molar-refractivity contribution in [2.45, 2.75) is 6.04 Å². The molecule has 0 aliphatic carbocycles. The first-order valence-electron chi connectivity index (χ1n) is 4.37. The molecule has 0 saturated carbocycles. The van der Waals surface area contributed by atoms with Crippen LogP contribution in [0.1, 0.15) is 11.7 Å². The van der Waals surface area contributed by atoms with E-state index < -0.39 is 0 Å². The summed E-state index contributed by atoms with van der Waals surface area (Å²) in [6, 6.07) is 0.148. The highest BCUT2D eigenvalue weighted by Gasteiger charge is 2.20. The van der Waals surface area contributed by atoms with Crippen LogP contribution in [0.2, 0.25) is 0 Å². The zero-order valence-electron chi connectivity index (χ0n) is 7.66. The summed E-state index contributed by atoms with van der Waals surface area (Å²) in [6.07, 6.45) is 1.81. The molecule has 1 saturated heterocycles. The molecule has 3 N–H and O–H groups in total. The fourth-order valence-corrected chi connectivity index (χ4v) is 1.54. The molecular weight excluding hydrogens is 168 g/mol. The van der Waals surface area contributed by atoms with Gasteiger partial charge in [-0.2, -0.15) is 5.10 Å². The summed E-state index contributed by atoms with van der Waals surface area (Å²) in [7, 11) is 1.86. The number of hydrogen-bond donors (Lipinski definition) is 2. The van der Waals surface area contributed by atoms with E-state index in [1.165, 1.54) is 0 Å². The third kappa shape index (κ3) is 1.66. The highest BCUT2D eigenvalue weighted by molar-refractivity contribution is 5.42. The van der Waals surface area contributed by atoms with Gasteiger partial charge in [-0.25, -0.2) is 0 Å². The Morgan fingerprint density at radius 2 is 2.62 bits per heavy atom. The van der Waals surface area contributed by atoms with E-state index in [4.69, 9.17) is 10.5 Å². The molecule has 2 rings (SSSR count). The Morgan fingerprint density at radius 3 is 3.15 bits per heavy atom. The minimum atomic E-state index is 0.148. The molecule has 5 heteroatoms. The van der Waals surface area contributed by atoms with Crippen LogP contribution in [0, 0.1) is 0 Å². The number of ether oxygens (including phenoxy) is 1. The molecule has 13 heavy (non-hydrogen) atoms. The van der Waals surface area contributed by atoms with Gasteiger partial charge in [-0.15, -0.1) is 0 Å². The van der Waals surface area contributed by atoms with Gasteiger partial charge in [-0.05, 0) is 0 Å². The predicted molar refractivity (Wildman–Crippen MR) is 49.2 cm³/mol. The number of aryl methyl sites for hydroxylation is 1. The molecule has 0 aromatic carbocycles. The number of nitrogens with one attached hydrogen (secondary N) is 1. The average Bonchev–Trinajstić information content (AvgIpc) is 2.47. The van der Waals surface area contributed by atoms with Crippen molar-refractivity contribution in [1.29, 1.82) is 0 Å². The van der Waals surface area contributed by atoms with E-state index >= 15 is 0 Å². The van der Waals surface area contributed by atoms with Gasteiger partial charge in [-0.3, -0.25) is 4.68 Å². The highest BCUT2D eigenvalue weighted by Crippen LogP contribution is 2.19. The molecule has 72 valence electrons. The van der Waals surface area contributed by atoms with Crippen LogP contribution in [0.25, 0.3) is 0 Å². The number of aromatic nitrogens is 2. The first-order chi connectivity index (χ1) is 6.27. The minimum absolute atomic E-state index is 0.148. The van der Waals surface area contributed by atoms with E-state index in [0.29, 0.717) is 6.61 Å². The zero-order chi connectivity index (χ0) is 9.26. The van der Waals surface area contributed by atoms with Gasteiger partial charge < -0.3 is 15.8 Å². The highest BCUT2D eigenvalue weighted by atomic mass is 16.5. The van der Waals surface area contributed by atoms with Crippen LogP contribution in [0.5, 0.6) is 0 Å². The molecule has 0 amide bonds. The SMILES string of the molecule is Cn1cc(N)c(C2COCCN2)n1. The summed E-state index contributed by atoms with van der Waals surface area (Å²) in [5.74, 6) is 0. The summed E-state index contributed by atoms with van der Waals surface area (Å²) in [5, 5.41) is 7.59. The van der Waals surface area contributed by atoms with Crippen molar-refractivity contribution in [3.05, 3.63) is 11.9 Å². The number of anilines is 1. The Bertz CT molecular complexity index is 290. The fraction of sp³-hybridized carbons (Fsp3) is 0.625. The largest absolute Gasteiger partial charge is 0.396 e. The molecule has 1 fully saturated rings. The lowest BCUT2D eigenvalue weighted by Crippen LogP contribution is -2.35. The van der Waals surface area contributed by atoms with Crippen molar-refractivity contribution in [3.63, 3.8) is 0 Å². The predicted octanol–water partition coefficient (Wildman–Crippen LogP) is -0.337. The van der Waals surface area contributed by atoms with Gasteiger partial charge in [0.15, 0.2) is 0 Å². The molecule has 2 heterocycles. The maximum Gasteiger partial charge on any atom is 0.105 e. The lowest BCUT2D eigenvalue weighted by Gasteiger charge is -2.22. The Kier molecular flexibility index (Phi) is 2.20. The standard InChI is InChI=1S/C8H14N4O/c1-12-4-6(9)8(11-12)7-5-13-3-2-10-7/h4,7,10H,2-3,5,9H2,1H3. The van der Waals surface area contributed by atoms with Gasteiger partial charge >= 0.3 is 0 Å². The Hall–Kier alpha value is -1.07. The smallest absolute Gasteiger partial charge is 0.105 e. The summed E-state index contributed by atoms with van der Waals surface area (Å²) < 4.78 is 7.06. The van der Waals surface area contributed by atoms with Crippen LogP contribution in [0.15, 0.2) is 6.20 Å². The summed E-state index contributed by atoms with van der Waals surface area (Å²) >= 11 is 0. The number of nitrogen functional groups attached to an aromatic ring is 1. The molecule has 1 aromatic rings. The van der Waals surface area contributed by atoms with Gasteiger partial charge in [0, 0.05) is 19.8 Å². The number of hydrogen-bond acceptors (Lipinski definition) is 4. The summed E-state index contributed by atoms with van der Waals surface area (Å²) in [4.78, 5) is 0. The van der Waals surface area contributed by atoms with Crippen molar-refractivity contribution in [3.8, 4) is 0 Å². The van der Waals surface area contributed by atoms with Crippen LogP contribution in [-0.4, -0.2) is 29.5 Å². The Morgan fingerprint density at radius 1 is 1.77 bits per heavy atom. The Labute approximate surface area is 76.9 Å². The second kappa shape index (κ2) is 3.35. The van der Waals surface area contributed by atoms with E-state index in [9.17, 15) is 0 Å². The average molecular weight is 182 g/mol. The van der Waals surface area contributed by atoms with Gasteiger partial charge in [0.25, 0.3) is 0 Å². The first kappa shape index (κ1) is 8.52. The van der Waals surface area contributed by atoms with E-state index in [1.54, 1.807) is 4.68 Å². The lowest BCUT2D eigenvalue weighted by molar-refractivity contribution is 0.0756. The van der Waals surface area contributed by atoms with Crippen molar-refractivity contribution in [2.24, 2.45) is 7.05 Å². The number of rotatable bonds is 1. The van der Waals surface area contributed by atoms with Crippen LogP contribution < -0.4 is 11.1 Å². The lowest BCUT2D eigenvalue weighted by atomic mass is 10.2. The van der Waals surface area contributed by atoms with E-state index in [2.05, 4.69) is 10.4 Å². The molecule has 1 atom stereocenters. The summed E-state index contributed by atoms with van der Waals surface area (Å²) in [6.45, 7) is 2.28. The minimum Gasteiger partial charge on any atom is -0.396 e. The molecule has 0 spiro atoms. The number of morpholine rings is 1. The van der Waals surface area contributed by atoms with Crippen LogP contribution in [0.3, 0.4) is 0 Å². The van der Waals surface area contributed by atoms with E-state index in [-0.39, 0.29) is 6.04 Å². The second-order valence-corrected chi connectivity index (χ2v) is 3.22. The molecular formula is C8H14N4O. The third-order valence-corrected chi connectivity index (χ3v) is 2.14. The van der Waals surface area contributed by atoms with Crippen molar-refractivity contribution in [2.75, 3.05) is 25.5 Å². The van der Waals surface area contributed by atoms with Crippen LogP contribution in [0.4, 0.5) is 5.69 Å². The van der Waals surface area contributed by atoms with Gasteiger partial charge in [0.1, 0.15) is 5.69 Å². The molecule has 1 aliphatic heterocycles. The molecule has 1 aromatic heterocycles. The quantitative estimate of drug-likeness (QED) is 0.624. The molecule has 0 bridgehead atoms. The maximum atomic E-state index is 5.79. The second-order valence-electron chi connectivity index (χ2n) is 3.22. The van der Waals surface area contributed by atoms with Crippen LogP contribution in [-0.2, 0) is 11.8 Å². The third-order valence-electron chi connectivity index (χ3n) is 2.14. The number of nitrogens with two attached hydrogens (primary N) is 1. The normalized spacial score (nSPS) is 23.3. The Balaban J connectivity index is 2.18. The first-order valence-corrected chi connectivity index (χ1v) is 4.37. The van der Waals surface area contributed by atoms with Crippen LogP contribution >= 0.6 is 0 Å². The zero-order valence-corrected chi connectivity index (χ0v) is 7.66. The van der Waals surface area contributed by atoms with E-state index in [1.807, 2.05) is 13.2 Å². The maximum absolute atomic E-state index is 5.79. The van der Waals surface area contributed by atoms with Crippen molar-refractivity contribution < 1.29 is 4.74 Å². The van der Waals surface area contributed by atoms with Crippen molar-refractivity contribution in [1.82, 2.24) is 15.1 Å². The monoisotopic (exact) mass is 182 g/mol. The molecule has 5 nitrogen and oxygen atoms in total. The van der Waals surface area contributed by atoms with Crippen molar-refractivity contribution >= 4 is 5.69 Å².